The summed E-state index contributed by atoms with van der Waals surface area (Å²) in [5, 5.41) is 3.58. The topological polar surface area (TPSA) is 15.3 Å². The Kier molecular flexibility index (Phi) is 3.76. The van der Waals surface area contributed by atoms with Gasteiger partial charge in [-0.2, -0.15) is 0 Å². The zero-order valence-electron chi connectivity index (χ0n) is 12.3. The normalized spacial score (nSPS) is 23.4. The molecule has 0 unspecified atom stereocenters. The molecular formula is C14H30N2. The van der Waals surface area contributed by atoms with Crippen molar-refractivity contribution in [3.05, 3.63) is 0 Å². The molecule has 0 aromatic carbocycles. The number of nitrogens with zero attached hydrogens (tertiary/aromatic N) is 1. The van der Waals surface area contributed by atoms with E-state index in [0.29, 0.717) is 11.0 Å². The Hall–Kier alpha value is -0.0800. The van der Waals surface area contributed by atoms with Crippen molar-refractivity contribution in [1.82, 2.24) is 10.2 Å². The molecule has 0 aliphatic carbocycles. The van der Waals surface area contributed by atoms with Crippen molar-refractivity contribution < 1.29 is 0 Å². The maximum absolute atomic E-state index is 3.58. The van der Waals surface area contributed by atoms with Gasteiger partial charge in [0.2, 0.25) is 0 Å². The van der Waals surface area contributed by atoms with Crippen molar-refractivity contribution in [3.8, 4) is 0 Å². The van der Waals surface area contributed by atoms with E-state index in [4.69, 9.17) is 0 Å². The van der Waals surface area contributed by atoms with Crippen LogP contribution in [0, 0.1) is 5.41 Å². The number of rotatable bonds is 2. The lowest BCUT2D eigenvalue weighted by Gasteiger charge is -2.49. The van der Waals surface area contributed by atoms with Gasteiger partial charge in [-0.25, -0.2) is 0 Å². The Labute approximate surface area is 102 Å². The molecule has 1 saturated heterocycles. The Morgan fingerprint density at radius 1 is 1.12 bits per heavy atom. The molecule has 0 aromatic heterocycles. The van der Waals surface area contributed by atoms with Crippen LogP contribution in [0.5, 0.6) is 0 Å². The predicted octanol–water partition coefficient (Wildman–Crippen LogP) is 2.89. The van der Waals surface area contributed by atoms with Crippen molar-refractivity contribution >= 4 is 0 Å². The second-order valence-corrected chi connectivity index (χ2v) is 7.78. The Morgan fingerprint density at radius 2 is 1.69 bits per heavy atom. The van der Waals surface area contributed by atoms with E-state index >= 15 is 0 Å². The van der Waals surface area contributed by atoms with Crippen LogP contribution in [0.25, 0.3) is 0 Å². The van der Waals surface area contributed by atoms with Crippen molar-refractivity contribution in [2.24, 2.45) is 5.41 Å². The van der Waals surface area contributed by atoms with Gasteiger partial charge in [0.15, 0.2) is 0 Å². The molecule has 0 saturated carbocycles. The largest absolute Gasteiger partial charge is 0.309 e. The molecule has 96 valence electrons. The number of nitrogens with one attached hydrogen (secondary N) is 1. The van der Waals surface area contributed by atoms with E-state index in [1.54, 1.807) is 0 Å². The molecule has 1 fully saturated rings. The third-order valence-corrected chi connectivity index (χ3v) is 3.39. The maximum Gasteiger partial charge on any atom is 0.0252 e. The molecule has 0 radical (unpaired) electrons. The first-order valence-corrected chi connectivity index (χ1v) is 6.52. The summed E-state index contributed by atoms with van der Waals surface area (Å²) in [7, 11) is 0. The third kappa shape index (κ3) is 4.06. The van der Waals surface area contributed by atoms with Crippen LogP contribution in [0.2, 0.25) is 0 Å². The molecular weight excluding hydrogens is 196 g/mol. The van der Waals surface area contributed by atoms with E-state index in [9.17, 15) is 0 Å². The van der Waals surface area contributed by atoms with Gasteiger partial charge in [0.25, 0.3) is 0 Å². The zero-order chi connectivity index (χ0) is 12.6. The second kappa shape index (κ2) is 4.30. The summed E-state index contributed by atoms with van der Waals surface area (Å²) < 4.78 is 0. The summed E-state index contributed by atoms with van der Waals surface area (Å²) in [6.45, 7) is 19.8. The van der Waals surface area contributed by atoms with Crippen LogP contribution in [0.1, 0.15) is 54.9 Å². The number of hydrogen-bond donors (Lipinski definition) is 1. The lowest BCUT2D eigenvalue weighted by Crippen LogP contribution is -2.62. The average Bonchev–Trinajstić information content (AvgIpc) is 1.97. The van der Waals surface area contributed by atoms with E-state index in [1.165, 1.54) is 13.0 Å². The first kappa shape index (κ1) is 14.0. The first-order valence-electron chi connectivity index (χ1n) is 6.52. The van der Waals surface area contributed by atoms with Crippen molar-refractivity contribution in [1.29, 1.82) is 0 Å². The van der Waals surface area contributed by atoms with Gasteiger partial charge < -0.3 is 5.32 Å². The van der Waals surface area contributed by atoms with Gasteiger partial charge >= 0.3 is 0 Å². The van der Waals surface area contributed by atoms with Gasteiger partial charge in [0.05, 0.1) is 0 Å². The Morgan fingerprint density at radius 3 is 2.12 bits per heavy atom. The quantitative estimate of drug-likeness (QED) is 0.779. The molecule has 1 aliphatic heterocycles. The summed E-state index contributed by atoms with van der Waals surface area (Å²) >= 11 is 0. The minimum atomic E-state index is 0.257. The molecule has 0 atom stereocenters. The number of piperazine rings is 1. The number of hydrogen-bond acceptors (Lipinski definition) is 2. The highest BCUT2D eigenvalue weighted by atomic mass is 15.3. The fourth-order valence-corrected chi connectivity index (χ4v) is 3.07. The maximum atomic E-state index is 3.58. The zero-order valence-corrected chi connectivity index (χ0v) is 12.3. The van der Waals surface area contributed by atoms with Gasteiger partial charge in [-0.3, -0.25) is 4.90 Å². The molecule has 0 amide bonds. The molecule has 2 heteroatoms. The molecule has 0 aromatic rings. The minimum absolute atomic E-state index is 0.257. The lowest BCUT2D eigenvalue weighted by atomic mass is 9.80. The molecule has 1 rings (SSSR count). The molecule has 0 spiro atoms. The van der Waals surface area contributed by atoms with Crippen LogP contribution >= 0.6 is 0 Å². The second-order valence-electron chi connectivity index (χ2n) is 7.78. The van der Waals surface area contributed by atoms with Crippen LogP contribution in [0.3, 0.4) is 0 Å². The third-order valence-electron chi connectivity index (χ3n) is 3.39. The highest BCUT2D eigenvalue weighted by molar-refractivity contribution is 4.94. The Bertz CT molecular complexity index is 236. The molecule has 1 aliphatic rings. The van der Waals surface area contributed by atoms with Crippen molar-refractivity contribution in [3.63, 3.8) is 0 Å². The fraction of sp³-hybridized carbons (Fsp3) is 1.00. The molecule has 2 nitrogen and oxygen atoms in total. The monoisotopic (exact) mass is 226 g/mol. The van der Waals surface area contributed by atoms with E-state index in [0.717, 1.165) is 13.1 Å². The van der Waals surface area contributed by atoms with E-state index in [-0.39, 0.29) is 5.54 Å². The highest BCUT2D eigenvalue weighted by Crippen LogP contribution is 2.32. The predicted molar refractivity (Wildman–Crippen MR) is 71.8 cm³/mol. The van der Waals surface area contributed by atoms with E-state index < -0.39 is 0 Å². The fourth-order valence-electron chi connectivity index (χ4n) is 3.07. The SMILES string of the molecule is CC(C)(C)CC(C)(C)N1CCNC(C)(C)C1. The van der Waals surface area contributed by atoms with Crippen molar-refractivity contribution in [2.45, 2.75) is 66.0 Å². The summed E-state index contributed by atoms with van der Waals surface area (Å²) in [4.78, 5) is 2.65. The summed E-state index contributed by atoms with van der Waals surface area (Å²) in [5.74, 6) is 0. The minimum Gasteiger partial charge on any atom is -0.309 e. The van der Waals surface area contributed by atoms with Gasteiger partial charge in [0.1, 0.15) is 0 Å². The van der Waals surface area contributed by atoms with Crippen LogP contribution in [-0.2, 0) is 0 Å². The first-order chi connectivity index (χ1) is 7.02. The van der Waals surface area contributed by atoms with E-state index in [2.05, 4.69) is 58.7 Å². The van der Waals surface area contributed by atoms with Crippen LogP contribution in [-0.4, -0.2) is 35.6 Å². The van der Waals surface area contributed by atoms with Gasteiger partial charge in [-0.15, -0.1) is 0 Å². The van der Waals surface area contributed by atoms with Gasteiger partial charge in [0, 0.05) is 30.7 Å². The molecule has 16 heavy (non-hydrogen) atoms. The Balaban J connectivity index is 2.68. The van der Waals surface area contributed by atoms with Crippen LogP contribution in [0.15, 0.2) is 0 Å². The van der Waals surface area contributed by atoms with E-state index in [1.807, 2.05) is 0 Å². The van der Waals surface area contributed by atoms with Crippen molar-refractivity contribution in [2.75, 3.05) is 19.6 Å². The highest BCUT2D eigenvalue weighted by Gasteiger charge is 2.36. The van der Waals surface area contributed by atoms with Gasteiger partial charge in [-0.05, 0) is 39.5 Å². The summed E-state index contributed by atoms with van der Waals surface area (Å²) in [6.07, 6.45) is 1.25. The van der Waals surface area contributed by atoms with Crippen LogP contribution < -0.4 is 5.32 Å². The molecule has 1 N–H and O–H groups in total. The van der Waals surface area contributed by atoms with Crippen LogP contribution in [0.4, 0.5) is 0 Å². The smallest absolute Gasteiger partial charge is 0.0252 e. The average molecular weight is 226 g/mol. The molecule has 1 heterocycles. The van der Waals surface area contributed by atoms with Gasteiger partial charge in [-0.1, -0.05) is 20.8 Å². The summed E-state index contributed by atoms with van der Waals surface area (Å²) in [5.41, 5.74) is 0.962. The molecule has 0 bridgehead atoms. The standard InChI is InChI=1S/C14H30N2/c1-12(2,3)10-14(6,7)16-9-8-15-13(4,5)11-16/h15H,8-11H2,1-7H3. The summed E-state index contributed by atoms with van der Waals surface area (Å²) in [6, 6.07) is 0. The lowest BCUT2D eigenvalue weighted by molar-refractivity contribution is 0.0312.